The standard InChI is InChI=1S/C27H22ClNO6/c1-13-7-14(2)9-18(8-13)29-23(19-6-5-15(3)34-19)22(25(31)27(29)32)24(30)20-11-16-10-17(28)12-21(33-4)26(16)35-20/h5-12,23,31H,1-4H3. The summed E-state index contributed by atoms with van der Waals surface area (Å²) in [6.07, 6.45) is 0. The summed E-state index contributed by atoms with van der Waals surface area (Å²) in [5.74, 6) is -0.745. The summed E-state index contributed by atoms with van der Waals surface area (Å²) in [5.41, 5.74) is 2.61. The molecule has 4 aromatic rings. The molecule has 0 bridgehead atoms. The van der Waals surface area contributed by atoms with Gasteiger partial charge in [0.25, 0.3) is 5.91 Å². The van der Waals surface area contributed by atoms with Gasteiger partial charge in [-0.15, -0.1) is 0 Å². The molecule has 0 spiro atoms. The van der Waals surface area contributed by atoms with Gasteiger partial charge in [0.15, 0.2) is 22.9 Å². The zero-order valence-electron chi connectivity index (χ0n) is 19.5. The number of nitrogens with zero attached hydrogens (tertiary/aromatic N) is 1. The summed E-state index contributed by atoms with van der Waals surface area (Å²) in [6, 6.07) is 12.8. The fourth-order valence-corrected chi connectivity index (χ4v) is 4.76. The van der Waals surface area contributed by atoms with Crippen LogP contribution in [0.4, 0.5) is 5.69 Å². The van der Waals surface area contributed by atoms with Crippen molar-refractivity contribution in [1.29, 1.82) is 0 Å². The van der Waals surface area contributed by atoms with Gasteiger partial charge in [-0.25, -0.2) is 0 Å². The highest BCUT2D eigenvalue weighted by Gasteiger charge is 2.47. The van der Waals surface area contributed by atoms with Crippen LogP contribution in [0, 0.1) is 20.8 Å². The van der Waals surface area contributed by atoms with Gasteiger partial charge in [0, 0.05) is 22.2 Å². The first-order valence-corrected chi connectivity index (χ1v) is 11.3. The van der Waals surface area contributed by atoms with Crippen LogP contribution in [0.1, 0.15) is 39.2 Å². The van der Waals surface area contributed by atoms with Crippen molar-refractivity contribution in [2.45, 2.75) is 26.8 Å². The van der Waals surface area contributed by atoms with E-state index in [0.29, 0.717) is 38.9 Å². The van der Waals surface area contributed by atoms with Crippen molar-refractivity contribution in [2.75, 3.05) is 12.0 Å². The third-order valence-corrected chi connectivity index (χ3v) is 6.18. The average molecular weight is 492 g/mol. The van der Waals surface area contributed by atoms with Gasteiger partial charge in [-0.2, -0.15) is 0 Å². The SMILES string of the molecule is COc1cc(Cl)cc2cc(C(=O)C3=C(O)C(=O)N(c4cc(C)cc(C)c4)C3c3ccc(C)o3)oc12. The Morgan fingerprint density at radius 3 is 2.37 bits per heavy atom. The number of ketones is 1. The topological polar surface area (TPSA) is 93.1 Å². The maximum Gasteiger partial charge on any atom is 0.294 e. The summed E-state index contributed by atoms with van der Waals surface area (Å²) in [7, 11) is 1.47. The maximum absolute atomic E-state index is 13.8. The van der Waals surface area contributed by atoms with Gasteiger partial charge in [-0.05, 0) is 68.3 Å². The lowest BCUT2D eigenvalue weighted by Gasteiger charge is -2.25. The number of aliphatic hydroxyl groups is 1. The van der Waals surface area contributed by atoms with Gasteiger partial charge in [-0.3, -0.25) is 14.5 Å². The molecular weight excluding hydrogens is 470 g/mol. The predicted molar refractivity (Wildman–Crippen MR) is 131 cm³/mol. The summed E-state index contributed by atoms with van der Waals surface area (Å²) < 4.78 is 17.0. The Hall–Kier alpha value is -3.97. The lowest BCUT2D eigenvalue weighted by Crippen LogP contribution is -2.31. The highest BCUT2D eigenvalue weighted by molar-refractivity contribution is 6.31. The summed E-state index contributed by atoms with van der Waals surface area (Å²) in [5, 5.41) is 11.9. The van der Waals surface area contributed by atoms with Crippen molar-refractivity contribution in [2.24, 2.45) is 0 Å². The van der Waals surface area contributed by atoms with E-state index in [9.17, 15) is 14.7 Å². The van der Waals surface area contributed by atoms with Gasteiger partial charge in [0.05, 0.1) is 12.7 Å². The number of halogens is 1. The van der Waals surface area contributed by atoms with Crippen LogP contribution < -0.4 is 9.64 Å². The van der Waals surface area contributed by atoms with Crippen LogP contribution >= 0.6 is 11.6 Å². The first-order chi connectivity index (χ1) is 16.7. The molecule has 2 aromatic heterocycles. The molecule has 0 aliphatic carbocycles. The van der Waals surface area contributed by atoms with Gasteiger partial charge in [-0.1, -0.05) is 17.7 Å². The molecule has 35 heavy (non-hydrogen) atoms. The molecule has 178 valence electrons. The minimum Gasteiger partial charge on any atom is -0.503 e. The van der Waals surface area contributed by atoms with E-state index in [1.165, 1.54) is 18.1 Å². The number of aryl methyl sites for hydroxylation is 3. The van der Waals surface area contributed by atoms with E-state index < -0.39 is 23.5 Å². The largest absolute Gasteiger partial charge is 0.503 e. The van der Waals surface area contributed by atoms with Crippen molar-refractivity contribution < 1.29 is 28.3 Å². The molecule has 0 saturated heterocycles. The first-order valence-electron chi connectivity index (χ1n) is 10.9. The number of hydrogen-bond acceptors (Lipinski definition) is 6. The molecule has 1 N–H and O–H groups in total. The summed E-state index contributed by atoms with van der Waals surface area (Å²) in [4.78, 5) is 28.5. The third kappa shape index (κ3) is 3.78. The predicted octanol–water partition coefficient (Wildman–Crippen LogP) is 6.40. The highest BCUT2D eigenvalue weighted by Crippen LogP contribution is 2.43. The number of ether oxygens (including phenoxy) is 1. The molecule has 5 rings (SSSR count). The van der Waals surface area contributed by atoms with Gasteiger partial charge >= 0.3 is 0 Å². The van der Waals surface area contributed by atoms with Crippen molar-refractivity contribution in [3.63, 3.8) is 0 Å². The number of carbonyl (C=O) groups is 2. The number of hydrogen-bond donors (Lipinski definition) is 1. The number of fused-ring (bicyclic) bond motifs is 1. The number of benzene rings is 2. The molecule has 0 fully saturated rings. The Kier molecular flexibility index (Phi) is 5.44. The normalized spacial score (nSPS) is 16.0. The van der Waals surface area contributed by atoms with Crippen molar-refractivity contribution >= 4 is 39.9 Å². The molecule has 1 unspecified atom stereocenters. The number of anilines is 1. The highest BCUT2D eigenvalue weighted by atomic mass is 35.5. The van der Waals surface area contributed by atoms with Gasteiger partial charge < -0.3 is 18.7 Å². The number of methoxy groups -OCH3 is 1. The quantitative estimate of drug-likeness (QED) is 0.325. The van der Waals surface area contributed by atoms with Gasteiger partial charge in [0.1, 0.15) is 17.6 Å². The van der Waals surface area contributed by atoms with Crippen molar-refractivity contribution in [3.8, 4) is 5.75 Å². The van der Waals surface area contributed by atoms with E-state index in [0.717, 1.165) is 11.1 Å². The second kappa shape index (κ2) is 8.36. The molecule has 0 saturated carbocycles. The molecule has 1 amide bonds. The minimum atomic E-state index is -0.983. The molecule has 1 atom stereocenters. The van der Waals surface area contributed by atoms with Crippen LogP contribution in [0.2, 0.25) is 5.02 Å². The first kappa shape index (κ1) is 22.8. The number of amides is 1. The Morgan fingerprint density at radius 1 is 1.03 bits per heavy atom. The van der Waals surface area contributed by atoms with E-state index in [-0.39, 0.29) is 11.3 Å². The van der Waals surface area contributed by atoms with Crippen molar-refractivity contribution in [3.05, 3.63) is 93.3 Å². The Morgan fingerprint density at radius 2 is 1.74 bits per heavy atom. The average Bonchev–Trinajstić information content (AvgIpc) is 3.48. The number of Topliss-reactive ketones (excluding diaryl/α,β-unsaturated/α-hetero) is 1. The van der Waals surface area contributed by atoms with Crippen LogP contribution in [0.25, 0.3) is 11.0 Å². The van der Waals surface area contributed by atoms with Crippen LogP contribution in [0.15, 0.2) is 68.7 Å². The van der Waals surface area contributed by atoms with Crippen LogP contribution in [0.5, 0.6) is 5.75 Å². The van der Waals surface area contributed by atoms with E-state index in [2.05, 4.69) is 0 Å². The molecule has 1 aliphatic rings. The lowest BCUT2D eigenvalue weighted by molar-refractivity contribution is -0.117. The summed E-state index contributed by atoms with van der Waals surface area (Å²) in [6.45, 7) is 5.59. The third-order valence-electron chi connectivity index (χ3n) is 5.96. The molecule has 3 heterocycles. The number of furan rings is 2. The minimum absolute atomic E-state index is 0.0644. The maximum atomic E-state index is 13.8. The molecular formula is C27H22ClNO6. The van der Waals surface area contributed by atoms with E-state index >= 15 is 0 Å². The Balaban J connectivity index is 1.67. The number of aliphatic hydroxyl groups excluding tert-OH is 1. The number of rotatable bonds is 5. The van der Waals surface area contributed by atoms with E-state index in [1.807, 2.05) is 32.0 Å². The second-order valence-corrected chi connectivity index (χ2v) is 9.04. The van der Waals surface area contributed by atoms with Crippen LogP contribution in [-0.4, -0.2) is 23.9 Å². The lowest BCUT2D eigenvalue weighted by atomic mass is 9.99. The molecule has 8 heteroatoms. The molecule has 7 nitrogen and oxygen atoms in total. The Bertz CT molecular complexity index is 1520. The monoisotopic (exact) mass is 491 g/mol. The zero-order chi connectivity index (χ0) is 25.0. The summed E-state index contributed by atoms with van der Waals surface area (Å²) >= 11 is 6.16. The fourth-order valence-electron chi connectivity index (χ4n) is 4.54. The molecule has 1 aliphatic heterocycles. The second-order valence-electron chi connectivity index (χ2n) is 8.60. The fraction of sp³-hybridized carbons (Fsp3) is 0.185. The van der Waals surface area contributed by atoms with Gasteiger partial charge in [0.2, 0.25) is 5.78 Å². The number of carbonyl (C=O) groups excluding carboxylic acids is 2. The zero-order valence-corrected chi connectivity index (χ0v) is 20.3. The molecule has 0 radical (unpaired) electrons. The smallest absolute Gasteiger partial charge is 0.294 e. The van der Waals surface area contributed by atoms with Crippen LogP contribution in [0.3, 0.4) is 0 Å². The Labute approximate surface area is 206 Å². The van der Waals surface area contributed by atoms with E-state index in [1.54, 1.807) is 31.2 Å². The van der Waals surface area contributed by atoms with Crippen molar-refractivity contribution in [1.82, 2.24) is 0 Å². The van der Waals surface area contributed by atoms with Crippen LogP contribution in [-0.2, 0) is 4.79 Å². The molecule has 2 aromatic carbocycles. The van der Waals surface area contributed by atoms with E-state index in [4.69, 9.17) is 25.2 Å².